The zero-order valence-electron chi connectivity index (χ0n) is 11.6. The second-order valence-corrected chi connectivity index (χ2v) is 4.76. The van der Waals surface area contributed by atoms with Gasteiger partial charge in [-0.1, -0.05) is 35.5 Å². The third-order valence-corrected chi connectivity index (χ3v) is 3.50. The van der Waals surface area contributed by atoms with E-state index in [0.29, 0.717) is 11.1 Å². The van der Waals surface area contributed by atoms with Crippen molar-refractivity contribution in [1.29, 1.82) is 10.5 Å². The lowest BCUT2D eigenvalue weighted by molar-refractivity contribution is 0.868. The standard InChI is InChI=1S/C17H11N5/c18-9-12-5-7-13(8-6-12)17(16-11-20-22-21-16)15-4-2-1-3-14(15)10-19/h1-8,11,17H,(H,20,21,22). The molecule has 1 unspecified atom stereocenters. The normalized spacial score (nSPS) is 11.4. The zero-order valence-corrected chi connectivity index (χ0v) is 11.6. The first-order valence-corrected chi connectivity index (χ1v) is 6.69. The van der Waals surface area contributed by atoms with Gasteiger partial charge < -0.3 is 0 Å². The summed E-state index contributed by atoms with van der Waals surface area (Å²) >= 11 is 0. The van der Waals surface area contributed by atoms with Gasteiger partial charge in [0.15, 0.2) is 0 Å². The molecule has 22 heavy (non-hydrogen) atoms. The van der Waals surface area contributed by atoms with Gasteiger partial charge in [0.25, 0.3) is 0 Å². The van der Waals surface area contributed by atoms with Gasteiger partial charge in [-0.05, 0) is 29.3 Å². The maximum atomic E-state index is 9.36. The number of aromatic nitrogens is 3. The van der Waals surface area contributed by atoms with Crippen molar-refractivity contribution in [2.75, 3.05) is 0 Å². The summed E-state index contributed by atoms with van der Waals surface area (Å²) in [6.45, 7) is 0. The minimum Gasteiger partial charge on any atom is -0.265 e. The molecule has 0 bridgehead atoms. The summed E-state index contributed by atoms with van der Waals surface area (Å²) in [6.07, 6.45) is 1.72. The molecule has 0 radical (unpaired) electrons. The van der Waals surface area contributed by atoms with E-state index in [1.807, 2.05) is 30.3 Å². The predicted molar refractivity (Wildman–Crippen MR) is 79.6 cm³/mol. The summed E-state index contributed by atoms with van der Waals surface area (Å²) in [7, 11) is 0. The highest BCUT2D eigenvalue weighted by atomic mass is 15.3. The molecule has 3 aromatic rings. The largest absolute Gasteiger partial charge is 0.265 e. The molecule has 5 heteroatoms. The number of nitrogens with one attached hydrogen (secondary N) is 1. The average Bonchev–Trinajstić information content (AvgIpc) is 3.10. The van der Waals surface area contributed by atoms with E-state index in [4.69, 9.17) is 5.26 Å². The van der Waals surface area contributed by atoms with Gasteiger partial charge in [-0.25, -0.2) is 0 Å². The Morgan fingerprint density at radius 1 is 0.955 bits per heavy atom. The molecule has 1 atom stereocenters. The van der Waals surface area contributed by atoms with E-state index in [0.717, 1.165) is 16.8 Å². The van der Waals surface area contributed by atoms with Crippen molar-refractivity contribution in [3.8, 4) is 12.1 Å². The predicted octanol–water partition coefficient (Wildman–Crippen LogP) is 2.73. The summed E-state index contributed by atoms with van der Waals surface area (Å²) in [5.41, 5.74) is 3.74. The third-order valence-electron chi connectivity index (χ3n) is 3.50. The Hall–Kier alpha value is -3.44. The fourth-order valence-corrected chi connectivity index (χ4v) is 2.46. The summed E-state index contributed by atoms with van der Waals surface area (Å²) in [5.74, 6) is -0.206. The molecule has 1 aromatic heterocycles. The number of hydrogen-bond acceptors (Lipinski definition) is 4. The van der Waals surface area contributed by atoms with Gasteiger partial charge in [0, 0.05) is 6.20 Å². The smallest absolute Gasteiger partial charge is 0.0994 e. The fourth-order valence-electron chi connectivity index (χ4n) is 2.46. The number of hydrogen-bond donors (Lipinski definition) is 1. The maximum Gasteiger partial charge on any atom is 0.0994 e. The first-order chi connectivity index (χ1) is 10.8. The van der Waals surface area contributed by atoms with Gasteiger partial charge in [-0.15, -0.1) is 5.10 Å². The maximum absolute atomic E-state index is 9.36. The van der Waals surface area contributed by atoms with Crippen molar-refractivity contribution in [3.05, 3.63) is 82.7 Å². The molecule has 0 fully saturated rings. The van der Waals surface area contributed by atoms with Crippen LogP contribution < -0.4 is 0 Å². The molecule has 2 aromatic carbocycles. The highest BCUT2D eigenvalue weighted by Gasteiger charge is 2.21. The Bertz CT molecular complexity index is 851. The Morgan fingerprint density at radius 3 is 2.36 bits per heavy atom. The van der Waals surface area contributed by atoms with E-state index in [1.54, 1.807) is 24.4 Å². The molecule has 104 valence electrons. The van der Waals surface area contributed by atoms with Crippen molar-refractivity contribution in [1.82, 2.24) is 15.4 Å². The van der Waals surface area contributed by atoms with Gasteiger partial charge in [-0.2, -0.15) is 10.5 Å². The van der Waals surface area contributed by atoms with Crippen LogP contribution in [-0.2, 0) is 0 Å². The van der Waals surface area contributed by atoms with Crippen molar-refractivity contribution in [2.24, 2.45) is 0 Å². The number of rotatable bonds is 3. The first kappa shape index (κ1) is 13.5. The monoisotopic (exact) mass is 285 g/mol. The van der Waals surface area contributed by atoms with Gasteiger partial charge in [0.05, 0.1) is 34.9 Å². The summed E-state index contributed by atoms with van der Waals surface area (Å²) in [5, 5.41) is 28.9. The van der Waals surface area contributed by atoms with E-state index in [9.17, 15) is 5.26 Å². The van der Waals surface area contributed by atoms with Gasteiger partial charge in [0.1, 0.15) is 0 Å². The number of nitrogens with zero attached hydrogens (tertiary/aromatic N) is 4. The van der Waals surface area contributed by atoms with Crippen molar-refractivity contribution in [2.45, 2.75) is 5.92 Å². The van der Waals surface area contributed by atoms with Gasteiger partial charge in [-0.3, -0.25) is 5.10 Å². The minimum atomic E-state index is -0.206. The molecule has 3 rings (SSSR count). The van der Waals surface area contributed by atoms with E-state index in [2.05, 4.69) is 27.5 Å². The summed E-state index contributed by atoms with van der Waals surface area (Å²) in [6, 6.07) is 19.0. The molecular formula is C17H11N5. The molecule has 5 nitrogen and oxygen atoms in total. The summed E-state index contributed by atoms with van der Waals surface area (Å²) < 4.78 is 0. The number of nitriles is 2. The van der Waals surface area contributed by atoms with Crippen LogP contribution in [0, 0.1) is 22.7 Å². The Balaban J connectivity index is 2.17. The quantitative estimate of drug-likeness (QED) is 0.801. The Morgan fingerprint density at radius 2 is 1.73 bits per heavy atom. The highest BCUT2D eigenvalue weighted by Crippen LogP contribution is 2.32. The van der Waals surface area contributed by atoms with Crippen LogP contribution in [0.25, 0.3) is 0 Å². The van der Waals surface area contributed by atoms with Crippen LogP contribution in [0.2, 0.25) is 0 Å². The Labute approximate surface area is 127 Å². The van der Waals surface area contributed by atoms with Crippen molar-refractivity contribution >= 4 is 0 Å². The van der Waals surface area contributed by atoms with Crippen LogP contribution in [0.15, 0.2) is 54.7 Å². The van der Waals surface area contributed by atoms with Crippen LogP contribution >= 0.6 is 0 Å². The van der Waals surface area contributed by atoms with Crippen LogP contribution in [0.1, 0.15) is 33.9 Å². The van der Waals surface area contributed by atoms with Gasteiger partial charge >= 0.3 is 0 Å². The second-order valence-electron chi connectivity index (χ2n) is 4.76. The van der Waals surface area contributed by atoms with E-state index >= 15 is 0 Å². The molecule has 1 N–H and O–H groups in total. The number of H-pyrrole nitrogens is 1. The topological polar surface area (TPSA) is 89.2 Å². The molecule has 0 aliphatic rings. The SMILES string of the molecule is N#Cc1ccc(C(c2c[nH]nn2)c2ccccc2C#N)cc1. The van der Waals surface area contributed by atoms with E-state index < -0.39 is 0 Å². The molecule has 0 aliphatic heterocycles. The minimum absolute atomic E-state index is 0.206. The lowest BCUT2D eigenvalue weighted by Crippen LogP contribution is -2.06. The Kier molecular flexibility index (Phi) is 3.63. The van der Waals surface area contributed by atoms with Crippen LogP contribution in [-0.4, -0.2) is 15.4 Å². The van der Waals surface area contributed by atoms with E-state index in [-0.39, 0.29) is 5.92 Å². The first-order valence-electron chi connectivity index (χ1n) is 6.69. The fraction of sp³-hybridized carbons (Fsp3) is 0.0588. The molecule has 0 saturated heterocycles. The summed E-state index contributed by atoms with van der Waals surface area (Å²) in [4.78, 5) is 0. The molecule has 1 heterocycles. The third kappa shape index (κ3) is 2.44. The zero-order chi connectivity index (χ0) is 15.4. The van der Waals surface area contributed by atoms with Crippen molar-refractivity contribution in [3.63, 3.8) is 0 Å². The van der Waals surface area contributed by atoms with Gasteiger partial charge in [0.2, 0.25) is 0 Å². The molecule has 0 spiro atoms. The van der Waals surface area contributed by atoms with Crippen LogP contribution in [0.3, 0.4) is 0 Å². The average molecular weight is 285 g/mol. The highest BCUT2D eigenvalue weighted by molar-refractivity contribution is 5.49. The lowest BCUT2D eigenvalue weighted by Gasteiger charge is -2.16. The second kappa shape index (κ2) is 5.90. The van der Waals surface area contributed by atoms with Crippen LogP contribution in [0.5, 0.6) is 0 Å². The molecule has 0 aliphatic carbocycles. The molecule has 0 saturated carbocycles. The van der Waals surface area contributed by atoms with Crippen molar-refractivity contribution < 1.29 is 0 Å². The lowest BCUT2D eigenvalue weighted by atomic mass is 9.86. The molecule has 0 amide bonds. The van der Waals surface area contributed by atoms with E-state index in [1.165, 1.54) is 0 Å². The number of benzene rings is 2. The van der Waals surface area contributed by atoms with Crippen LogP contribution in [0.4, 0.5) is 0 Å². The number of aromatic amines is 1. The molecular weight excluding hydrogens is 274 g/mol.